The predicted octanol–water partition coefficient (Wildman–Crippen LogP) is 1.87. The van der Waals surface area contributed by atoms with Gasteiger partial charge in [-0.3, -0.25) is 0 Å². The topological polar surface area (TPSA) is 45.5 Å². The molecule has 1 atom stereocenters. The third-order valence-electron chi connectivity index (χ3n) is 3.62. The number of pyridine rings is 1. The number of hydrogen-bond acceptors (Lipinski definition) is 4. The van der Waals surface area contributed by atoms with E-state index in [2.05, 4.69) is 27.2 Å². The van der Waals surface area contributed by atoms with Crippen LogP contribution in [0.1, 0.15) is 19.8 Å². The second kappa shape index (κ2) is 5.57. The Morgan fingerprint density at radius 1 is 1.32 bits per heavy atom. The summed E-state index contributed by atoms with van der Waals surface area (Å²) in [6, 6.07) is 5.90. The molecule has 0 saturated carbocycles. The third-order valence-corrected chi connectivity index (χ3v) is 3.62. The molecule has 2 aromatic heterocycles. The van der Waals surface area contributed by atoms with E-state index in [1.165, 1.54) is 32.5 Å². The number of nitrogens with zero attached hydrogens (tertiary/aromatic N) is 4. The van der Waals surface area contributed by atoms with Crippen LogP contribution in [0, 0.1) is 5.92 Å². The van der Waals surface area contributed by atoms with Gasteiger partial charge in [0.15, 0.2) is 5.65 Å². The summed E-state index contributed by atoms with van der Waals surface area (Å²) in [7, 11) is 0. The van der Waals surface area contributed by atoms with E-state index in [1.54, 1.807) is 4.52 Å². The molecule has 1 aliphatic rings. The lowest BCUT2D eigenvalue weighted by molar-refractivity contribution is 0.294. The molecule has 102 valence electrons. The fourth-order valence-electron chi connectivity index (χ4n) is 2.64. The summed E-state index contributed by atoms with van der Waals surface area (Å²) in [6.45, 7) is 6.89. The SMILES string of the molecule is CC(CNc1nc2ccccn2n1)CN1CCCC1. The number of rotatable bonds is 5. The summed E-state index contributed by atoms with van der Waals surface area (Å²) in [4.78, 5) is 6.99. The van der Waals surface area contributed by atoms with E-state index in [9.17, 15) is 0 Å². The van der Waals surface area contributed by atoms with Crippen molar-refractivity contribution in [3.63, 3.8) is 0 Å². The first-order valence-corrected chi connectivity index (χ1v) is 7.09. The van der Waals surface area contributed by atoms with Crippen molar-refractivity contribution in [2.45, 2.75) is 19.8 Å². The van der Waals surface area contributed by atoms with Gasteiger partial charge in [0.25, 0.3) is 0 Å². The molecule has 0 spiro atoms. The molecular weight excluding hydrogens is 238 g/mol. The lowest BCUT2D eigenvalue weighted by Gasteiger charge is -2.20. The van der Waals surface area contributed by atoms with Crippen LogP contribution >= 0.6 is 0 Å². The van der Waals surface area contributed by atoms with E-state index in [-0.39, 0.29) is 0 Å². The Morgan fingerprint density at radius 2 is 2.16 bits per heavy atom. The summed E-state index contributed by atoms with van der Waals surface area (Å²) in [6.07, 6.45) is 4.63. The highest BCUT2D eigenvalue weighted by atomic mass is 15.3. The zero-order valence-corrected chi connectivity index (χ0v) is 11.4. The van der Waals surface area contributed by atoms with Crippen LogP contribution < -0.4 is 5.32 Å². The smallest absolute Gasteiger partial charge is 0.243 e. The molecule has 5 nitrogen and oxygen atoms in total. The summed E-state index contributed by atoms with van der Waals surface area (Å²) in [5.74, 6) is 1.34. The van der Waals surface area contributed by atoms with Crippen LogP contribution in [0.15, 0.2) is 24.4 Å². The Balaban J connectivity index is 1.53. The van der Waals surface area contributed by atoms with Crippen molar-refractivity contribution >= 4 is 11.6 Å². The molecule has 1 N–H and O–H groups in total. The van der Waals surface area contributed by atoms with Gasteiger partial charge in [-0.05, 0) is 44.0 Å². The maximum Gasteiger partial charge on any atom is 0.243 e. The Kier molecular flexibility index (Phi) is 3.64. The molecule has 2 aromatic rings. The zero-order chi connectivity index (χ0) is 13.1. The molecule has 0 aliphatic carbocycles. The van der Waals surface area contributed by atoms with Crippen molar-refractivity contribution in [2.75, 3.05) is 31.5 Å². The maximum absolute atomic E-state index is 4.44. The van der Waals surface area contributed by atoms with E-state index in [0.717, 1.165) is 18.1 Å². The second-order valence-corrected chi connectivity index (χ2v) is 5.43. The number of anilines is 1. The average molecular weight is 259 g/mol. The molecule has 5 heteroatoms. The van der Waals surface area contributed by atoms with Crippen molar-refractivity contribution in [1.29, 1.82) is 0 Å². The van der Waals surface area contributed by atoms with E-state index >= 15 is 0 Å². The highest BCUT2D eigenvalue weighted by Crippen LogP contribution is 2.11. The van der Waals surface area contributed by atoms with Crippen molar-refractivity contribution in [2.24, 2.45) is 5.92 Å². The van der Waals surface area contributed by atoms with Gasteiger partial charge in [0, 0.05) is 19.3 Å². The second-order valence-electron chi connectivity index (χ2n) is 5.43. The van der Waals surface area contributed by atoms with Gasteiger partial charge in [-0.15, -0.1) is 5.10 Å². The molecule has 19 heavy (non-hydrogen) atoms. The van der Waals surface area contributed by atoms with Crippen molar-refractivity contribution in [3.8, 4) is 0 Å². The highest BCUT2D eigenvalue weighted by molar-refractivity contribution is 5.42. The summed E-state index contributed by atoms with van der Waals surface area (Å²) in [5.41, 5.74) is 0.886. The molecule has 1 fully saturated rings. The Labute approximate surface area is 113 Å². The molecule has 1 unspecified atom stereocenters. The summed E-state index contributed by atoms with van der Waals surface area (Å²) < 4.78 is 1.80. The van der Waals surface area contributed by atoms with E-state index in [1.807, 2.05) is 24.4 Å². The first-order chi connectivity index (χ1) is 9.31. The molecule has 1 saturated heterocycles. The third kappa shape index (κ3) is 3.04. The van der Waals surface area contributed by atoms with Gasteiger partial charge in [0.1, 0.15) is 0 Å². The van der Waals surface area contributed by atoms with Gasteiger partial charge in [-0.25, -0.2) is 4.52 Å². The minimum absolute atomic E-state index is 0.615. The fourth-order valence-corrected chi connectivity index (χ4v) is 2.64. The van der Waals surface area contributed by atoms with Crippen molar-refractivity contribution in [1.82, 2.24) is 19.5 Å². The lowest BCUT2D eigenvalue weighted by Crippen LogP contribution is -2.29. The number of likely N-dealkylation sites (tertiary alicyclic amines) is 1. The molecule has 0 bridgehead atoms. The van der Waals surface area contributed by atoms with Gasteiger partial charge >= 0.3 is 0 Å². The van der Waals surface area contributed by atoms with E-state index < -0.39 is 0 Å². The molecule has 0 aromatic carbocycles. The van der Waals surface area contributed by atoms with Gasteiger partial charge < -0.3 is 10.2 Å². The van der Waals surface area contributed by atoms with Crippen LogP contribution in [0.4, 0.5) is 5.95 Å². The molecule has 0 amide bonds. The van der Waals surface area contributed by atoms with E-state index in [0.29, 0.717) is 5.92 Å². The van der Waals surface area contributed by atoms with Crippen LogP contribution in [-0.2, 0) is 0 Å². The molecule has 0 radical (unpaired) electrons. The molecular formula is C14H21N5. The normalized spacial score (nSPS) is 17.9. The average Bonchev–Trinajstić information content (AvgIpc) is 3.04. The van der Waals surface area contributed by atoms with Crippen molar-refractivity contribution in [3.05, 3.63) is 24.4 Å². The molecule has 1 aliphatic heterocycles. The quantitative estimate of drug-likeness (QED) is 0.890. The lowest BCUT2D eigenvalue weighted by atomic mass is 10.1. The number of hydrogen-bond donors (Lipinski definition) is 1. The zero-order valence-electron chi connectivity index (χ0n) is 11.4. The predicted molar refractivity (Wildman–Crippen MR) is 76.3 cm³/mol. The largest absolute Gasteiger partial charge is 0.353 e. The molecule has 3 rings (SSSR count). The first-order valence-electron chi connectivity index (χ1n) is 7.09. The van der Waals surface area contributed by atoms with Crippen LogP contribution in [-0.4, -0.2) is 45.7 Å². The fraction of sp³-hybridized carbons (Fsp3) is 0.571. The van der Waals surface area contributed by atoms with Crippen LogP contribution in [0.3, 0.4) is 0 Å². The minimum atomic E-state index is 0.615. The van der Waals surface area contributed by atoms with E-state index in [4.69, 9.17) is 0 Å². The van der Waals surface area contributed by atoms with Gasteiger partial charge in [0.05, 0.1) is 0 Å². The highest BCUT2D eigenvalue weighted by Gasteiger charge is 2.14. The standard InChI is InChI=1S/C14H21N5/c1-12(11-18-7-4-5-8-18)10-15-14-16-13-6-2-3-9-19(13)17-14/h2-3,6,9,12H,4-5,7-8,10-11H2,1H3,(H,15,17). The monoisotopic (exact) mass is 259 g/mol. The van der Waals surface area contributed by atoms with Crippen LogP contribution in [0.2, 0.25) is 0 Å². The maximum atomic E-state index is 4.44. The van der Waals surface area contributed by atoms with Gasteiger partial charge in [-0.1, -0.05) is 13.0 Å². The summed E-state index contributed by atoms with van der Waals surface area (Å²) in [5, 5.41) is 7.74. The summed E-state index contributed by atoms with van der Waals surface area (Å²) >= 11 is 0. The Morgan fingerprint density at radius 3 is 2.95 bits per heavy atom. The number of aromatic nitrogens is 3. The van der Waals surface area contributed by atoms with Crippen molar-refractivity contribution < 1.29 is 0 Å². The molecule has 3 heterocycles. The van der Waals surface area contributed by atoms with Gasteiger partial charge in [-0.2, -0.15) is 4.98 Å². The van der Waals surface area contributed by atoms with Crippen LogP contribution in [0.25, 0.3) is 5.65 Å². The Bertz CT molecular complexity index is 496. The Hall–Kier alpha value is -1.62. The number of nitrogens with one attached hydrogen (secondary N) is 1. The minimum Gasteiger partial charge on any atom is -0.353 e. The number of fused-ring (bicyclic) bond motifs is 1. The van der Waals surface area contributed by atoms with Gasteiger partial charge in [0.2, 0.25) is 5.95 Å². The van der Waals surface area contributed by atoms with Crippen LogP contribution in [0.5, 0.6) is 0 Å². The first kappa shape index (κ1) is 12.4.